The number of nitro groups is 1. The summed E-state index contributed by atoms with van der Waals surface area (Å²) in [5.74, 6) is 0.759. The van der Waals surface area contributed by atoms with E-state index in [9.17, 15) is 14.9 Å². The maximum atomic E-state index is 12.4. The number of hydrogen-bond acceptors (Lipinski definition) is 8. The SMILES string of the molecule is COC(=O)c1cc2c(c3c1c([N+](=O)[O-])cc1c(OC)cc(OC)cc13)OCO2. The first-order chi connectivity index (χ1) is 13.5. The Kier molecular flexibility index (Phi) is 4.07. The van der Waals surface area contributed by atoms with E-state index >= 15 is 0 Å². The van der Waals surface area contributed by atoms with Gasteiger partial charge in [-0.05, 0) is 12.1 Å². The van der Waals surface area contributed by atoms with Gasteiger partial charge in [0.1, 0.15) is 11.5 Å². The molecule has 0 atom stereocenters. The third kappa shape index (κ3) is 2.43. The first-order valence-electron chi connectivity index (χ1n) is 8.17. The first kappa shape index (κ1) is 17.7. The molecular weight excluding hydrogens is 370 g/mol. The van der Waals surface area contributed by atoms with Crippen LogP contribution in [0.15, 0.2) is 24.3 Å². The van der Waals surface area contributed by atoms with Crippen molar-refractivity contribution >= 4 is 33.2 Å². The van der Waals surface area contributed by atoms with Crippen LogP contribution < -0.4 is 18.9 Å². The number of carbonyl (C=O) groups excluding carboxylic acids is 1. The number of rotatable bonds is 4. The smallest absolute Gasteiger partial charge is 0.338 e. The number of ether oxygens (including phenoxy) is 5. The second-order valence-electron chi connectivity index (χ2n) is 5.98. The van der Waals surface area contributed by atoms with Crippen LogP contribution in [-0.4, -0.2) is 39.0 Å². The highest BCUT2D eigenvalue weighted by atomic mass is 16.7. The van der Waals surface area contributed by atoms with Gasteiger partial charge in [0.25, 0.3) is 5.69 Å². The number of non-ortho nitro benzene ring substituents is 1. The minimum absolute atomic E-state index is 0.0112. The number of nitrogens with zero attached hydrogens (tertiary/aromatic N) is 1. The summed E-state index contributed by atoms with van der Waals surface area (Å²) in [5.41, 5.74) is -0.262. The Morgan fingerprint density at radius 3 is 2.46 bits per heavy atom. The fourth-order valence-electron chi connectivity index (χ4n) is 3.43. The van der Waals surface area contributed by atoms with Gasteiger partial charge in [0, 0.05) is 28.3 Å². The molecular formula is C19H15NO8. The van der Waals surface area contributed by atoms with E-state index in [1.165, 1.54) is 33.5 Å². The molecule has 0 saturated carbocycles. The first-order valence-corrected chi connectivity index (χ1v) is 8.17. The van der Waals surface area contributed by atoms with Gasteiger partial charge in [-0.3, -0.25) is 10.1 Å². The van der Waals surface area contributed by atoms with Gasteiger partial charge in [0.15, 0.2) is 11.5 Å². The molecule has 0 spiro atoms. The van der Waals surface area contributed by atoms with Gasteiger partial charge in [-0.15, -0.1) is 0 Å². The van der Waals surface area contributed by atoms with Crippen molar-refractivity contribution in [3.05, 3.63) is 39.9 Å². The van der Waals surface area contributed by atoms with Crippen LogP contribution in [0, 0.1) is 10.1 Å². The molecule has 0 amide bonds. The predicted octanol–water partition coefficient (Wildman–Crippen LogP) is 3.43. The van der Waals surface area contributed by atoms with Crippen molar-refractivity contribution in [1.82, 2.24) is 0 Å². The van der Waals surface area contributed by atoms with E-state index in [0.717, 1.165) is 0 Å². The zero-order chi connectivity index (χ0) is 20.0. The van der Waals surface area contributed by atoms with E-state index in [0.29, 0.717) is 39.2 Å². The molecule has 3 aromatic rings. The van der Waals surface area contributed by atoms with Crippen LogP contribution >= 0.6 is 0 Å². The summed E-state index contributed by atoms with van der Waals surface area (Å²) < 4.78 is 26.6. The zero-order valence-electron chi connectivity index (χ0n) is 15.2. The Labute approximate surface area is 158 Å². The Hall–Kier alpha value is -3.75. The summed E-state index contributed by atoms with van der Waals surface area (Å²) in [6.07, 6.45) is 0. The van der Waals surface area contributed by atoms with Gasteiger partial charge < -0.3 is 23.7 Å². The number of benzene rings is 3. The predicted molar refractivity (Wildman–Crippen MR) is 98.7 cm³/mol. The van der Waals surface area contributed by atoms with Crippen LogP contribution in [-0.2, 0) is 4.74 Å². The number of fused-ring (bicyclic) bond motifs is 5. The average Bonchev–Trinajstić information content (AvgIpc) is 3.19. The summed E-state index contributed by atoms with van der Waals surface area (Å²) in [6.45, 7) is -0.0691. The second-order valence-corrected chi connectivity index (χ2v) is 5.98. The minimum atomic E-state index is -0.722. The highest BCUT2D eigenvalue weighted by Crippen LogP contribution is 2.49. The molecule has 0 N–H and O–H groups in total. The average molecular weight is 385 g/mol. The van der Waals surface area contributed by atoms with Crippen LogP contribution in [0.25, 0.3) is 21.5 Å². The van der Waals surface area contributed by atoms with Crippen molar-refractivity contribution in [2.75, 3.05) is 28.1 Å². The molecule has 9 nitrogen and oxygen atoms in total. The molecule has 3 aromatic carbocycles. The quantitative estimate of drug-likeness (QED) is 0.291. The topological polar surface area (TPSA) is 106 Å². The maximum Gasteiger partial charge on any atom is 0.338 e. The van der Waals surface area contributed by atoms with Crippen molar-refractivity contribution in [3.63, 3.8) is 0 Å². The summed E-state index contributed by atoms with van der Waals surface area (Å²) >= 11 is 0. The highest BCUT2D eigenvalue weighted by molar-refractivity contribution is 6.22. The molecule has 0 unspecified atom stereocenters. The lowest BCUT2D eigenvalue weighted by Crippen LogP contribution is -2.05. The van der Waals surface area contributed by atoms with Gasteiger partial charge in [0.05, 0.1) is 37.2 Å². The zero-order valence-corrected chi connectivity index (χ0v) is 15.2. The van der Waals surface area contributed by atoms with E-state index in [2.05, 4.69) is 0 Å². The summed E-state index contributed by atoms with van der Waals surface area (Å²) in [6, 6.07) is 6.09. The number of methoxy groups -OCH3 is 3. The van der Waals surface area contributed by atoms with Crippen LogP contribution in [0.1, 0.15) is 10.4 Å². The van der Waals surface area contributed by atoms with E-state index in [4.69, 9.17) is 23.7 Å². The van der Waals surface area contributed by atoms with Crippen molar-refractivity contribution in [1.29, 1.82) is 0 Å². The number of hydrogen-bond donors (Lipinski definition) is 0. The van der Waals surface area contributed by atoms with E-state index in [1.807, 2.05) is 0 Å². The molecule has 4 rings (SSSR count). The van der Waals surface area contributed by atoms with Gasteiger partial charge in [-0.25, -0.2) is 4.79 Å². The van der Waals surface area contributed by atoms with Gasteiger partial charge >= 0.3 is 5.97 Å². The third-order valence-corrected chi connectivity index (χ3v) is 4.64. The van der Waals surface area contributed by atoms with Crippen LogP contribution in [0.2, 0.25) is 0 Å². The van der Waals surface area contributed by atoms with E-state index < -0.39 is 10.9 Å². The molecule has 1 aliphatic rings. The highest BCUT2D eigenvalue weighted by Gasteiger charge is 2.31. The Bertz CT molecular complexity index is 1150. The molecule has 28 heavy (non-hydrogen) atoms. The molecule has 0 aliphatic carbocycles. The standard InChI is InChI=1S/C19H15NO8/c1-24-9-4-11-10(14(5-9)25-2)6-13(20(22)23)16-12(19(21)26-3)7-15-18(17(11)16)28-8-27-15/h4-7H,8H2,1-3H3. The second kappa shape index (κ2) is 6.45. The number of esters is 1. The number of carbonyl (C=O) groups is 1. The molecule has 0 radical (unpaired) electrons. The Balaban J connectivity index is 2.31. The number of nitro benzene ring substituents is 1. The molecule has 1 heterocycles. The molecule has 144 valence electrons. The molecule has 1 aliphatic heterocycles. The Morgan fingerprint density at radius 1 is 1.04 bits per heavy atom. The van der Waals surface area contributed by atoms with Crippen molar-refractivity contribution < 1.29 is 33.4 Å². The summed E-state index contributed by atoms with van der Waals surface area (Å²) in [5, 5.41) is 13.4. The van der Waals surface area contributed by atoms with Gasteiger partial charge in [-0.2, -0.15) is 0 Å². The third-order valence-electron chi connectivity index (χ3n) is 4.64. The minimum Gasteiger partial charge on any atom is -0.497 e. The largest absolute Gasteiger partial charge is 0.497 e. The molecule has 0 aromatic heterocycles. The van der Waals surface area contributed by atoms with Gasteiger partial charge in [-0.1, -0.05) is 0 Å². The maximum absolute atomic E-state index is 12.4. The van der Waals surface area contributed by atoms with Crippen LogP contribution in [0.3, 0.4) is 0 Å². The summed E-state index contributed by atoms with van der Waals surface area (Å²) in [7, 11) is 4.16. The van der Waals surface area contributed by atoms with Crippen LogP contribution in [0.4, 0.5) is 5.69 Å². The van der Waals surface area contributed by atoms with E-state index in [-0.39, 0.29) is 23.4 Å². The molecule has 0 saturated heterocycles. The lowest BCUT2D eigenvalue weighted by atomic mass is 9.94. The normalized spacial score (nSPS) is 12.2. The van der Waals surface area contributed by atoms with Gasteiger partial charge in [0.2, 0.25) is 6.79 Å². The van der Waals surface area contributed by atoms with E-state index in [1.54, 1.807) is 12.1 Å². The molecule has 0 fully saturated rings. The molecule has 9 heteroatoms. The fourth-order valence-corrected chi connectivity index (χ4v) is 3.43. The van der Waals surface area contributed by atoms with Crippen molar-refractivity contribution in [2.45, 2.75) is 0 Å². The molecule has 0 bridgehead atoms. The fraction of sp³-hybridized carbons (Fsp3) is 0.211. The van der Waals surface area contributed by atoms with Crippen LogP contribution in [0.5, 0.6) is 23.0 Å². The lowest BCUT2D eigenvalue weighted by molar-refractivity contribution is -0.383. The Morgan fingerprint density at radius 2 is 1.82 bits per heavy atom. The van der Waals surface area contributed by atoms with Crippen molar-refractivity contribution in [2.24, 2.45) is 0 Å². The lowest BCUT2D eigenvalue weighted by Gasteiger charge is -2.14. The van der Waals surface area contributed by atoms with Crippen molar-refractivity contribution in [3.8, 4) is 23.0 Å². The monoisotopic (exact) mass is 385 g/mol. The summed E-state index contributed by atoms with van der Waals surface area (Å²) in [4.78, 5) is 23.7.